The van der Waals surface area contributed by atoms with Gasteiger partial charge in [-0.3, -0.25) is 4.79 Å². The molecule has 3 fully saturated rings. The van der Waals surface area contributed by atoms with E-state index in [1.54, 1.807) is 22.1 Å². The van der Waals surface area contributed by atoms with Gasteiger partial charge in [-0.25, -0.2) is 8.42 Å². The molecule has 1 N–H and O–H groups in total. The van der Waals surface area contributed by atoms with Gasteiger partial charge in [0.1, 0.15) is 10.6 Å². The fraction of sp³-hybridized carbons (Fsp3) is 0.750. The summed E-state index contributed by atoms with van der Waals surface area (Å²) in [6.45, 7) is 1.82. The third-order valence-electron chi connectivity index (χ3n) is 6.85. The molecule has 1 aromatic heterocycles. The quantitative estimate of drug-likeness (QED) is 0.808. The van der Waals surface area contributed by atoms with Crippen molar-refractivity contribution in [3.63, 3.8) is 0 Å². The molecule has 4 rings (SSSR count). The summed E-state index contributed by atoms with van der Waals surface area (Å²) in [4.78, 5) is 12.8. The summed E-state index contributed by atoms with van der Waals surface area (Å²) in [7, 11) is -1.77. The van der Waals surface area contributed by atoms with Crippen molar-refractivity contribution in [3.8, 4) is 0 Å². The molecule has 3 atom stereocenters. The molecule has 3 unspecified atom stereocenters. The van der Waals surface area contributed by atoms with E-state index < -0.39 is 10.0 Å². The van der Waals surface area contributed by atoms with E-state index in [2.05, 4.69) is 5.32 Å². The Labute approximate surface area is 162 Å². The van der Waals surface area contributed by atoms with Crippen LogP contribution in [0, 0.1) is 17.8 Å². The van der Waals surface area contributed by atoms with Gasteiger partial charge in [0.05, 0.1) is 0 Å². The number of amides is 1. The molecule has 0 spiro atoms. The molecule has 27 heavy (non-hydrogen) atoms. The second kappa shape index (κ2) is 7.59. The van der Waals surface area contributed by atoms with Crippen molar-refractivity contribution in [1.82, 2.24) is 14.2 Å². The van der Waals surface area contributed by atoms with Gasteiger partial charge in [-0.05, 0) is 62.3 Å². The van der Waals surface area contributed by atoms with Crippen LogP contribution in [0.25, 0.3) is 0 Å². The van der Waals surface area contributed by atoms with Crippen LogP contribution in [0.2, 0.25) is 0 Å². The number of aromatic nitrogens is 1. The lowest BCUT2D eigenvalue weighted by molar-refractivity contribution is 0.0941. The SMILES string of the molecule is Cn1cc(S(=O)(=O)N2CCCCC2)cc1C(=O)NCCC1CC2CCC1C2. The van der Waals surface area contributed by atoms with Crippen molar-refractivity contribution >= 4 is 15.9 Å². The summed E-state index contributed by atoms with van der Waals surface area (Å²) < 4.78 is 28.8. The van der Waals surface area contributed by atoms with Crippen LogP contribution in [0.15, 0.2) is 17.2 Å². The fourth-order valence-electron chi connectivity index (χ4n) is 5.35. The summed E-state index contributed by atoms with van der Waals surface area (Å²) in [5, 5.41) is 3.00. The van der Waals surface area contributed by atoms with Crippen LogP contribution in [0.4, 0.5) is 0 Å². The highest BCUT2D eigenvalue weighted by atomic mass is 32.2. The second-order valence-electron chi connectivity index (χ2n) is 8.62. The second-order valence-corrected chi connectivity index (χ2v) is 10.6. The van der Waals surface area contributed by atoms with Gasteiger partial charge >= 0.3 is 0 Å². The first-order valence-corrected chi connectivity index (χ1v) is 11.8. The highest BCUT2D eigenvalue weighted by molar-refractivity contribution is 7.89. The normalized spacial score (nSPS) is 28.6. The number of nitrogens with one attached hydrogen (secondary N) is 1. The van der Waals surface area contributed by atoms with E-state index in [9.17, 15) is 13.2 Å². The minimum atomic E-state index is -3.50. The summed E-state index contributed by atoms with van der Waals surface area (Å²) in [5.41, 5.74) is 0.415. The molecular weight excluding hydrogens is 362 g/mol. The average Bonchev–Trinajstić information content (AvgIpc) is 3.38. The van der Waals surface area contributed by atoms with Gasteiger partial charge in [0.25, 0.3) is 5.91 Å². The Morgan fingerprint density at radius 3 is 2.63 bits per heavy atom. The van der Waals surface area contributed by atoms with Crippen LogP contribution in [0.3, 0.4) is 0 Å². The zero-order valence-electron chi connectivity index (χ0n) is 16.2. The van der Waals surface area contributed by atoms with Gasteiger partial charge in [-0.15, -0.1) is 0 Å². The Morgan fingerprint density at radius 2 is 1.96 bits per heavy atom. The number of carbonyl (C=O) groups excluding carboxylic acids is 1. The molecule has 0 radical (unpaired) electrons. The number of sulfonamides is 1. The number of rotatable bonds is 6. The first kappa shape index (κ1) is 19.0. The predicted octanol–water partition coefficient (Wildman–Crippen LogP) is 2.76. The number of aryl methyl sites for hydroxylation is 1. The molecule has 2 aliphatic carbocycles. The van der Waals surface area contributed by atoms with Gasteiger partial charge in [-0.1, -0.05) is 12.8 Å². The van der Waals surface area contributed by atoms with Crippen molar-refractivity contribution in [2.45, 2.75) is 56.3 Å². The number of fused-ring (bicyclic) bond motifs is 2. The van der Waals surface area contributed by atoms with E-state index in [0.717, 1.165) is 43.4 Å². The standard InChI is InChI=1S/C20H31N3O3S/c1-22-14-18(27(25,26)23-9-3-2-4-10-23)13-19(22)20(24)21-8-7-17-12-15-5-6-16(17)11-15/h13-17H,2-12H2,1H3,(H,21,24). The van der Waals surface area contributed by atoms with Crippen LogP contribution < -0.4 is 5.32 Å². The van der Waals surface area contributed by atoms with Gasteiger partial charge in [0, 0.05) is 32.9 Å². The lowest BCUT2D eigenvalue weighted by Crippen LogP contribution is -2.35. The van der Waals surface area contributed by atoms with E-state index >= 15 is 0 Å². The average molecular weight is 394 g/mol. The molecule has 3 aliphatic rings. The van der Waals surface area contributed by atoms with Crippen LogP contribution in [0.1, 0.15) is 61.9 Å². The van der Waals surface area contributed by atoms with Crippen LogP contribution in [-0.4, -0.2) is 42.8 Å². The number of nitrogens with zero attached hydrogens (tertiary/aromatic N) is 2. The third-order valence-corrected chi connectivity index (χ3v) is 8.71. The molecule has 7 heteroatoms. The van der Waals surface area contributed by atoms with E-state index in [1.165, 1.54) is 31.7 Å². The lowest BCUT2D eigenvalue weighted by Gasteiger charge is -2.25. The molecule has 150 valence electrons. The van der Waals surface area contributed by atoms with Crippen LogP contribution in [-0.2, 0) is 17.1 Å². The topological polar surface area (TPSA) is 71.4 Å². The molecule has 1 amide bonds. The highest BCUT2D eigenvalue weighted by Crippen LogP contribution is 2.49. The molecule has 0 aromatic carbocycles. The van der Waals surface area contributed by atoms with Crippen molar-refractivity contribution in [1.29, 1.82) is 0 Å². The molecule has 2 bridgehead atoms. The molecule has 2 saturated carbocycles. The Kier molecular flexibility index (Phi) is 5.34. The van der Waals surface area contributed by atoms with E-state index in [-0.39, 0.29) is 10.8 Å². The Bertz CT molecular complexity index is 795. The predicted molar refractivity (Wildman–Crippen MR) is 104 cm³/mol. The zero-order chi connectivity index (χ0) is 19.0. The van der Waals surface area contributed by atoms with Gasteiger partial charge < -0.3 is 9.88 Å². The lowest BCUT2D eigenvalue weighted by atomic mass is 9.86. The maximum atomic E-state index is 12.8. The van der Waals surface area contributed by atoms with Crippen molar-refractivity contribution in [3.05, 3.63) is 18.0 Å². The van der Waals surface area contributed by atoms with E-state index in [0.29, 0.717) is 25.3 Å². The first-order chi connectivity index (χ1) is 12.9. The minimum Gasteiger partial charge on any atom is -0.351 e. The smallest absolute Gasteiger partial charge is 0.267 e. The van der Waals surface area contributed by atoms with Crippen molar-refractivity contribution < 1.29 is 13.2 Å². The molecule has 1 saturated heterocycles. The Hall–Kier alpha value is -1.34. The van der Waals surface area contributed by atoms with Gasteiger partial charge in [0.2, 0.25) is 10.0 Å². The maximum Gasteiger partial charge on any atom is 0.267 e. The number of hydrogen-bond acceptors (Lipinski definition) is 3. The van der Waals surface area contributed by atoms with Crippen molar-refractivity contribution in [2.75, 3.05) is 19.6 Å². The highest BCUT2D eigenvalue weighted by Gasteiger charge is 2.38. The van der Waals surface area contributed by atoms with E-state index in [4.69, 9.17) is 0 Å². The largest absolute Gasteiger partial charge is 0.351 e. The number of carbonyl (C=O) groups is 1. The van der Waals surface area contributed by atoms with Gasteiger partial charge in [0.15, 0.2) is 0 Å². The summed E-state index contributed by atoms with van der Waals surface area (Å²) in [6, 6.07) is 1.52. The molecule has 2 heterocycles. The number of hydrogen-bond donors (Lipinski definition) is 1. The zero-order valence-corrected chi connectivity index (χ0v) is 17.0. The van der Waals surface area contributed by atoms with Gasteiger partial charge in [-0.2, -0.15) is 4.31 Å². The molecule has 1 aliphatic heterocycles. The first-order valence-electron chi connectivity index (χ1n) is 10.4. The summed E-state index contributed by atoms with van der Waals surface area (Å²) >= 11 is 0. The summed E-state index contributed by atoms with van der Waals surface area (Å²) in [6.07, 6.45) is 11.0. The Morgan fingerprint density at radius 1 is 1.19 bits per heavy atom. The summed E-state index contributed by atoms with van der Waals surface area (Å²) in [5.74, 6) is 2.36. The van der Waals surface area contributed by atoms with Crippen LogP contribution in [0.5, 0.6) is 0 Å². The maximum absolute atomic E-state index is 12.8. The minimum absolute atomic E-state index is 0.180. The molecule has 1 aromatic rings. The fourth-order valence-corrected chi connectivity index (χ4v) is 6.94. The van der Waals surface area contributed by atoms with E-state index in [1.807, 2.05) is 0 Å². The Balaban J connectivity index is 1.36. The number of piperidine rings is 1. The van der Waals surface area contributed by atoms with Crippen LogP contribution >= 0.6 is 0 Å². The molecule has 6 nitrogen and oxygen atoms in total. The monoisotopic (exact) mass is 393 g/mol. The molecular formula is C20H31N3O3S. The van der Waals surface area contributed by atoms with Crippen molar-refractivity contribution in [2.24, 2.45) is 24.8 Å². The third kappa shape index (κ3) is 3.81.